The highest BCUT2D eigenvalue weighted by atomic mass is 16.4. The van der Waals surface area contributed by atoms with Crippen LogP contribution >= 0.6 is 0 Å². The summed E-state index contributed by atoms with van der Waals surface area (Å²) < 4.78 is 0. The normalized spacial score (nSPS) is 11.8. The first-order valence-electron chi connectivity index (χ1n) is 3.80. The first kappa shape index (κ1) is 11.7. The molecule has 0 heterocycles. The van der Waals surface area contributed by atoms with Crippen molar-refractivity contribution in [1.29, 1.82) is 0 Å². The zero-order valence-electron chi connectivity index (χ0n) is 7.05. The number of carboxylic acids is 1. The van der Waals surface area contributed by atoms with E-state index >= 15 is 0 Å². The molecule has 0 aliphatic carbocycles. The Balaban J connectivity index is 3.49. The van der Waals surface area contributed by atoms with Crippen LogP contribution in [0.5, 0.6) is 0 Å². The third kappa shape index (κ3) is 5.92. The molecule has 0 amide bonds. The lowest BCUT2D eigenvalue weighted by Gasteiger charge is -2.09. The fraction of sp³-hybridized carbons (Fsp3) is 0.833. The molecule has 0 spiro atoms. The molecule has 3 N–H and O–H groups in total. The summed E-state index contributed by atoms with van der Waals surface area (Å²) in [5.74, 6) is -1.09. The average Bonchev–Trinajstić information content (AvgIpc) is 2.10. The fourth-order valence-electron chi connectivity index (χ4n) is 0.701. The SMILES string of the molecule is [N-]=[N+]=NCCCNC(CO)C(=O)O. The van der Waals surface area contributed by atoms with Crippen LogP contribution in [0.25, 0.3) is 10.4 Å². The Morgan fingerprint density at radius 3 is 2.85 bits per heavy atom. The highest BCUT2D eigenvalue weighted by molar-refractivity contribution is 5.73. The number of carboxylic acid groups (broad SMARTS) is 1. The molecule has 7 heteroatoms. The Morgan fingerprint density at radius 1 is 1.69 bits per heavy atom. The van der Waals surface area contributed by atoms with Crippen LogP contribution < -0.4 is 5.32 Å². The van der Waals surface area contributed by atoms with E-state index < -0.39 is 18.6 Å². The van der Waals surface area contributed by atoms with Crippen LogP contribution in [0.15, 0.2) is 5.11 Å². The number of rotatable bonds is 7. The van der Waals surface area contributed by atoms with Gasteiger partial charge < -0.3 is 15.5 Å². The second kappa shape index (κ2) is 7.35. The quantitative estimate of drug-likeness (QED) is 0.220. The number of carbonyl (C=O) groups is 1. The first-order chi connectivity index (χ1) is 6.22. The maximum Gasteiger partial charge on any atom is 0.323 e. The van der Waals surface area contributed by atoms with Crippen molar-refractivity contribution < 1.29 is 15.0 Å². The number of hydrogen-bond acceptors (Lipinski definition) is 4. The van der Waals surface area contributed by atoms with Crippen LogP contribution in [0.4, 0.5) is 0 Å². The van der Waals surface area contributed by atoms with Gasteiger partial charge in [0.2, 0.25) is 0 Å². The molecule has 0 aromatic rings. The molecule has 0 radical (unpaired) electrons. The molecule has 13 heavy (non-hydrogen) atoms. The van der Waals surface area contributed by atoms with Crippen molar-refractivity contribution in [3.8, 4) is 0 Å². The highest BCUT2D eigenvalue weighted by Crippen LogP contribution is 1.85. The van der Waals surface area contributed by atoms with Gasteiger partial charge >= 0.3 is 5.97 Å². The Kier molecular flexibility index (Phi) is 6.62. The standard InChI is InChI=1S/C6H12N4O3/c7-10-9-3-1-2-8-5(4-11)6(12)13/h5,8,11H,1-4H2,(H,12,13). The molecular weight excluding hydrogens is 176 g/mol. The van der Waals surface area contributed by atoms with Crippen LogP contribution in [0.1, 0.15) is 6.42 Å². The van der Waals surface area contributed by atoms with Gasteiger partial charge in [0.05, 0.1) is 6.61 Å². The minimum atomic E-state index is -1.09. The van der Waals surface area contributed by atoms with E-state index in [0.29, 0.717) is 19.5 Å². The summed E-state index contributed by atoms with van der Waals surface area (Å²) in [6.07, 6.45) is 0.549. The minimum Gasteiger partial charge on any atom is -0.480 e. The van der Waals surface area contributed by atoms with Crippen molar-refractivity contribution in [3.05, 3.63) is 10.4 Å². The molecule has 7 nitrogen and oxygen atoms in total. The van der Waals surface area contributed by atoms with Crippen molar-refractivity contribution in [3.63, 3.8) is 0 Å². The lowest BCUT2D eigenvalue weighted by molar-refractivity contribution is -0.140. The van der Waals surface area contributed by atoms with Gasteiger partial charge in [0.25, 0.3) is 0 Å². The maximum absolute atomic E-state index is 10.3. The van der Waals surface area contributed by atoms with Gasteiger partial charge in [-0.2, -0.15) is 0 Å². The molecule has 0 aliphatic heterocycles. The van der Waals surface area contributed by atoms with E-state index in [1.807, 2.05) is 0 Å². The van der Waals surface area contributed by atoms with Crippen LogP contribution in [0, 0.1) is 0 Å². The van der Waals surface area contributed by atoms with E-state index in [-0.39, 0.29) is 0 Å². The summed E-state index contributed by atoms with van der Waals surface area (Å²) in [4.78, 5) is 12.9. The molecule has 0 saturated heterocycles. The summed E-state index contributed by atoms with van der Waals surface area (Å²) in [7, 11) is 0. The summed E-state index contributed by atoms with van der Waals surface area (Å²) >= 11 is 0. The highest BCUT2D eigenvalue weighted by Gasteiger charge is 2.13. The van der Waals surface area contributed by atoms with Gasteiger partial charge in [0.1, 0.15) is 6.04 Å². The summed E-state index contributed by atoms with van der Waals surface area (Å²) in [5, 5.41) is 22.9. The average molecular weight is 188 g/mol. The smallest absolute Gasteiger partial charge is 0.323 e. The number of hydrogen-bond donors (Lipinski definition) is 3. The summed E-state index contributed by atoms with van der Waals surface area (Å²) in [6.45, 7) is 0.272. The summed E-state index contributed by atoms with van der Waals surface area (Å²) in [6, 6.07) is -0.939. The molecule has 0 aromatic heterocycles. The van der Waals surface area contributed by atoms with Gasteiger partial charge in [0.15, 0.2) is 0 Å². The second-order valence-electron chi connectivity index (χ2n) is 2.34. The van der Waals surface area contributed by atoms with Gasteiger partial charge in [-0.1, -0.05) is 5.11 Å². The summed E-state index contributed by atoms with van der Waals surface area (Å²) in [5.41, 5.74) is 7.91. The Hall–Kier alpha value is -1.30. The Morgan fingerprint density at radius 2 is 2.38 bits per heavy atom. The first-order valence-corrected chi connectivity index (χ1v) is 3.80. The predicted molar refractivity (Wildman–Crippen MR) is 45.1 cm³/mol. The van der Waals surface area contributed by atoms with Crippen LogP contribution in [0.3, 0.4) is 0 Å². The number of aliphatic carboxylic acids is 1. The van der Waals surface area contributed by atoms with E-state index in [1.54, 1.807) is 0 Å². The number of aliphatic hydroxyl groups is 1. The second-order valence-corrected chi connectivity index (χ2v) is 2.34. The maximum atomic E-state index is 10.3. The van der Waals surface area contributed by atoms with Gasteiger partial charge in [0, 0.05) is 11.5 Å². The molecule has 1 unspecified atom stereocenters. The topological polar surface area (TPSA) is 118 Å². The van der Waals surface area contributed by atoms with Gasteiger partial charge in [-0.25, -0.2) is 0 Å². The van der Waals surface area contributed by atoms with Crippen molar-refractivity contribution in [2.45, 2.75) is 12.5 Å². The van der Waals surface area contributed by atoms with Crippen LogP contribution in [-0.4, -0.2) is 41.9 Å². The Labute approximate surface area is 75.0 Å². The van der Waals surface area contributed by atoms with Gasteiger partial charge in [-0.3, -0.25) is 4.79 Å². The molecular formula is C6H12N4O3. The number of aliphatic hydroxyl groups excluding tert-OH is 1. The van der Waals surface area contributed by atoms with Gasteiger partial charge in [-0.05, 0) is 18.5 Å². The van der Waals surface area contributed by atoms with Crippen molar-refractivity contribution in [2.24, 2.45) is 5.11 Å². The number of nitrogens with one attached hydrogen (secondary N) is 1. The Bertz CT molecular complexity index is 202. The van der Waals surface area contributed by atoms with Gasteiger partial charge in [-0.15, -0.1) is 0 Å². The molecule has 0 saturated carbocycles. The lowest BCUT2D eigenvalue weighted by atomic mass is 10.3. The largest absolute Gasteiger partial charge is 0.480 e. The zero-order valence-corrected chi connectivity index (χ0v) is 7.05. The molecule has 0 rings (SSSR count). The van der Waals surface area contributed by atoms with E-state index in [1.165, 1.54) is 0 Å². The molecule has 0 aliphatic rings. The van der Waals surface area contributed by atoms with E-state index in [9.17, 15) is 4.79 Å². The number of nitrogens with zero attached hydrogens (tertiary/aromatic N) is 3. The third-order valence-electron chi connectivity index (χ3n) is 1.37. The molecule has 74 valence electrons. The third-order valence-corrected chi connectivity index (χ3v) is 1.37. The van der Waals surface area contributed by atoms with Crippen molar-refractivity contribution in [2.75, 3.05) is 19.7 Å². The molecule has 0 aromatic carbocycles. The zero-order chi connectivity index (χ0) is 10.1. The molecule has 0 fully saturated rings. The number of azide groups is 1. The van der Waals surface area contributed by atoms with Crippen LogP contribution in [0.2, 0.25) is 0 Å². The van der Waals surface area contributed by atoms with Crippen molar-refractivity contribution >= 4 is 5.97 Å². The van der Waals surface area contributed by atoms with Crippen LogP contribution in [-0.2, 0) is 4.79 Å². The molecule has 1 atom stereocenters. The van der Waals surface area contributed by atoms with E-state index in [2.05, 4.69) is 15.3 Å². The molecule has 0 bridgehead atoms. The monoisotopic (exact) mass is 188 g/mol. The lowest BCUT2D eigenvalue weighted by Crippen LogP contribution is -2.40. The predicted octanol–water partition coefficient (Wildman–Crippen LogP) is -0.278. The van der Waals surface area contributed by atoms with Crippen molar-refractivity contribution in [1.82, 2.24) is 5.32 Å². The van der Waals surface area contributed by atoms with E-state index in [0.717, 1.165) is 0 Å². The minimum absolute atomic E-state index is 0.321. The van der Waals surface area contributed by atoms with E-state index in [4.69, 9.17) is 15.7 Å². The fourth-order valence-corrected chi connectivity index (χ4v) is 0.701.